The first-order valence-corrected chi connectivity index (χ1v) is 3.96. The van der Waals surface area contributed by atoms with Crippen molar-refractivity contribution in [2.75, 3.05) is 0 Å². The smallest absolute Gasteiger partial charge is 0.139 e. The Kier molecular flexibility index (Phi) is 2.84. The maximum Gasteiger partial charge on any atom is 0.139 e. The van der Waals surface area contributed by atoms with E-state index in [1.54, 1.807) is 11.7 Å². The third-order valence-electron chi connectivity index (χ3n) is 1.08. The Hall–Kier alpha value is -1.11. The Balaban J connectivity index is 2.63. The fourth-order valence-corrected chi connectivity index (χ4v) is 1.07. The van der Waals surface area contributed by atoms with Crippen LogP contribution in [0.15, 0.2) is 47.1 Å². The van der Waals surface area contributed by atoms with Crippen molar-refractivity contribution in [1.29, 1.82) is 0 Å². The van der Waals surface area contributed by atoms with Gasteiger partial charge in [0.15, 0.2) is 0 Å². The van der Waals surface area contributed by atoms with E-state index in [1.807, 2.05) is 12.1 Å². The molecule has 0 aliphatic heterocycles. The monoisotopic (exact) mass is 164 g/mol. The number of furan rings is 1. The molecule has 11 heavy (non-hydrogen) atoms. The highest BCUT2D eigenvalue weighted by Gasteiger charge is 1.98. The third-order valence-corrected chi connectivity index (χ3v) is 1.85. The van der Waals surface area contributed by atoms with E-state index in [0.29, 0.717) is 0 Å². The molecule has 0 saturated carbocycles. The first kappa shape index (κ1) is 7.99. The average molecular weight is 164 g/mol. The molecule has 1 aromatic rings. The van der Waals surface area contributed by atoms with Crippen molar-refractivity contribution in [3.8, 4) is 0 Å². The highest BCUT2D eigenvalue weighted by molar-refractivity contribution is 8.10. The summed E-state index contributed by atoms with van der Waals surface area (Å²) < 4.78 is 5.10. The predicted octanol–water partition coefficient (Wildman–Crippen LogP) is 3.28. The Labute approximate surface area is 70.1 Å². The Bertz CT molecular complexity index is 279. The summed E-state index contributed by atoms with van der Waals surface area (Å²) in [7, 11) is 0. The molecule has 1 rings (SSSR count). The quantitative estimate of drug-likeness (QED) is 0.636. The molecule has 1 aromatic heterocycles. The number of rotatable bonds is 3. The maximum absolute atomic E-state index is 5.10. The lowest BCUT2D eigenvalue weighted by Crippen LogP contribution is -1.67. The second-order valence-corrected chi connectivity index (χ2v) is 2.80. The summed E-state index contributed by atoms with van der Waals surface area (Å²) in [6.07, 6.45) is 1.62. The van der Waals surface area contributed by atoms with Gasteiger partial charge < -0.3 is 4.42 Å². The Morgan fingerprint density at radius 1 is 1.73 bits per heavy atom. The molecule has 1 heterocycles. The van der Waals surface area contributed by atoms with Crippen LogP contribution in [0.25, 0.3) is 4.91 Å². The van der Waals surface area contributed by atoms with Gasteiger partial charge in [-0.1, -0.05) is 24.9 Å². The van der Waals surface area contributed by atoms with Gasteiger partial charge in [0.2, 0.25) is 0 Å². The molecular formula is C9H8OS. The van der Waals surface area contributed by atoms with E-state index >= 15 is 0 Å². The zero-order chi connectivity index (χ0) is 8.10. The minimum Gasteiger partial charge on any atom is -0.464 e. The molecule has 0 N–H and O–H groups in total. The molecule has 0 aromatic carbocycles. The van der Waals surface area contributed by atoms with Gasteiger partial charge in [-0.05, 0) is 12.1 Å². The number of hydrogen-bond donors (Lipinski definition) is 0. The molecule has 2 heteroatoms. The Morgan fingerprint density at radius 3 is 3.09 bits per heavy atom. The minimum atomic E-state index is 0.793. The fraction of sp³-hybridized carbons (Fsp3) is 0. The summed E-state index contributed by atoms with van der Waals surface area (Å²) >= 11 is 1.45. The number of hydrogen-bond acceptors (Lipinski definition) is 2. The van der Waals surface area contributed by atoms with Gasteiger partial charge in [0, 0.05) is 10.3 Å². The van der Waals surface area contributed by atoms with E-state index in [1.165, 1.54) is 11.8 Å². The molecule has 0 saturated heterocycles. The van der Waals surface area contributed by atoms with Gasteiger partial charge in [-0.25, -0.2) is 0 Å². The summed E-state index contributed by atoms with van der Waals surface area (Å²) in [4.78, 5) is 0.867. The van der Waals surface area contributed by atoms with Crippen molar-refractivity contribution in [2.24, 2.45) is 0 Å². The van der Waals surface area contributed by atoms with Crippen LogP contribution in [0.5, 0.6) is 0 Å². The summed E-state index contributed by atoms with van der Waals surface area (Å²) in [5.74, 6) is 0.793. The van der Waals surface area contributed by atoms with Crippen molar-refractivity contribution in [3.05, 3.63) is 48.5 Å². The lowest BCUT2D eigenvalue weighted by Gasteiger charge is -1.93. The zero-order valence-electron chi connectivity index (χ0n) is 6.04. The summed E-state index contributed by atoms with van der Waals surface area (Å²) in [5.41, 5.74) is 2.65. The molecule has 0 spiro atoms. The molecule has 0 aliphatic carbocycles. The van der Waals surface area contributed by atoms with E-state index in [2.05, 4.69) is 18.9 Å². The molecule has 1 nitrogen and oxygen atoms in total. The molecule has 0 atom stereocenters. The van der Waals surface area contributed by atoms with Crippen molar-refractivity contribution >= 4 is 16.7 Å². The predicted molar refractivity (Wildman–Crippen MR) is 49.0 cm³/mol. The van der Waals surface area contributed by atoms with Crippen LogP contribution < -0.4 is 0 Å². The van der Waals surface area contributed by atoms with Crippen LogP contribution in [-0.2, 0) is 0 Å². The summed E-state index contributed by atoms with van der Waals surface area (Å²) in [6.45, 7) is 7.25. The SMILES string of the molecule is C=C=CSC(=C)c1ccco1. The van der Waals surface area contributed by atoms with Gasteiger partial charge in [-0.3, -0.25) is 0 Å². The van der Waals surface area contributed by atoms with Crippen LogP contribution in [0.1, 0.15) is 5.76 Å². The molecule has 0 aliphatic rings. The third kappa shape index (κ3) is 2.19. The first-order valence-electron chi connectivity index (χ1n) is 3.08. The highest BCUT2D eigenvalue weighted by Crippen LogP contribution is 2.25. The van der Waals surface area contributed by atoms with Crippen molar-refractivity contribution in [3.63, 3.8) is 0 Å². The van der Waals surface area contributed by atoms with Crippen LogP contribution in [0, 0.1) is 0 Å². The summed E-state index contributed by atoms with van der Waals surface area (Å²) in [6, 6.07) is 3.70. The van der Waals surface area contributed by atoms with E-state index in [-0.39, 0.29) is 0 Å². The normalized spacial score (nSPS) is 8.73. The van der Waals surface area contributed by atoms with Crippen LogP contribution in [0.4, 0.5) is 0 Å². The first-order chi connectivity index (χ1) is 5.34. The second-order valence-electron chi connectivity index (χ2n) is 1.84. The molecule has 0 amide bonds. The topological polar surface area (TPSA) is 13.1 Å². The van der Waals surface area contributed by atoms with Gasteiger partial charge in [0.05, 0.1) is 6.26 Å². The van der Waals surface area contributed by atoms with Crippen LogP contribution in [0.3, 0.4) is 0 Å². The molecule has 0 radical (unpaired) electrons. The molecule has 0 fully saturated rings. The molecule has 0 bridgehead atoms. The molecule has 0 unspecified atom stereocenters. The van der Waals surface area contributed by atoms with Crippen molar-refractivity contribution < 1.29 is 4.42 Å². The number of thioether (sulfide) groups is 1. The molecule has 56 valence electrons. The maximum atomic E-state index is 5.10. The van der Waals surface area contributed by atoms with E-state index in [0.717, 1.165) is 10.7 Å². The van der Waals surface area contributed by atoms with Gasteiger partial charge in [-0.2, -0.15) is 0 Å². The standard InChI is InChI=1S/C9H8OS/c1-3-7-11-8(2)9-5-4-6-10-9/h4-7H,1-2H2. The van der Waals surface area contributed by atoms with Crippen molar-refractivity contribution in [2.45, 2.75) is 0 Å². The lowest BCUT2D eigenvalue weighted by molar-refractivity contribution is 0.556. The molecular weight excluding hydrogens is 156 g/mol. The fourth-order valence-electron chi connectivity index (χ4n) is 0.608. The van der Waals surface area contributed by atoms with Gasteiger partial charge in [-0.15, -0.1) is 5.73 Å². The lowest BCUT2D eigenvalue weighted by atomic mass is 10.4. The van der Waals surface area contributed by atoms with Crippen molar-refractivity contribution in [1.82, 2.24) is 0 Å². The van der Waals surface area contributed by atoms with E-state index in [9.17, 15) is 0 Å². The van der Waals surface area contributed by atoms with Crippen LogP contribution in [0.2, 0.25) is 0 Å². The second kappa shape index (κ2) is 3.91. The Morgan fingerprint density at radius 2 is 2.55 bits per heavy atom. The zero-order valence-corrected chi connectivity index (χ0v) is 6.86. The van der Waals surface area contributed by atoms with E-state index in [4.69, 9.17) is 4.42 Å². The minimum absolute atomic E-state index is 0.793. The van der Waals surface area contributed by atoms with Gasteiger partial charge in [0.25, 0.3) is 0 Å². The largest absolute Gasteiger partial charge is 0.464 e. The van der Waals surface area contributed by atoms with Crippen LogP contribution in [-0.4, -0.2) is 0 Å². The van der Waals surface area contributed by atoms with Gasteiger partial charge in [0.1, 0.15) is 5.76 Å². The highest BCUT2D eigenvalue weighted by atomic mass is 32.2. The van der Waals surface area contributed by atoms with Gasteiger partial charge >= 0.3 is 0 Å². The summed E-state index contributed by atoms with van der Waals surface area (Å²) in [5, 5.41) is 1.74. The van der Waals surface area contributed by atoms with E-state index < -0.39 is 0 Å². The van der Waals surface area contributed by atoms with Crippen LogP contribution >= 0.6 is 11.8 Å². The average Bonchev–Trinajstić information content (AvgIpc) is 2.52.